The summed E-state index contributed by atoms with van der Waals surface area (Å²) in [5.41, 5.74) is 2.24. The van der Waals surface area contributed by atoms with Crippen LogP contribution in [0.2, 0.25) is 0 Å². The van der Waals surface area contributed by atoms with Gasteiger partial charge in [0.15, 0.2) is 5.16 Å². The number of benzene rings is 2. The van der Waals surface area contributed by atoms with Crippen molar-refractivity contribution in [2.45, 2.75) is 24.3 Å². The zero-order chi connectivity index (χ0) is 24.1. The average molecular weight is 483 g/mol. The largest absolute Gasteiger partial charge is 0.497 e. The highest BCUT2D eigenvalue weighted by Crippen LogP contribution is 2.23. The van der Waals surface area contributed by atoms with Crippen molar-refractivity contribution in [3.05, 3.63) is 81.5 Å². The van der Waals surface area contributed by atoms with Crippen LogP contribution in [0, 0.1) is 12.7 Å². The minimum absolute atomic E-state index is 0.00526. The molecule has 178 valence electrons. The number of hydrogen-bond acceptors (Lipinski definition) is 6. The Kier molecular flexibility index (Phi) is 7.52. The van der Waals surface area contributed by atoms with Crippen LogP contribution in [0.5, 0.6) is 5.75 Å². The lowest BCUT2D eigenvalue weighted by Crippen LogP contribution is -2.49. The number of halogens is 1. The highest BCUT2D eigenvalue weighted by atomic mass is 32.2. The molecule has 2 aromatic carbocycles. The van der Waals surface area contributed by atoms with Gasteiger partial charge >= 0.3 is 0 Å². The number of ether oxygens (including phenoxy) is 1. The molecule has 0 unspecified atom stereocenters. The van der Waals surface area contributed by atoms with E-state index in [2.05, 4.69) is 9.97 Å². The first kappa shape index (κ1) is 23.8. The maximum absolute atomic E-state index is 14.0. The third-order valence-corrected chi connectivity index (χ3v) is 6.81. The van der Waals surface area contributed by atoms with Crippen molar-refractivity contribution < 1.29 is 13.9 Å². The van der Waals surface area contributed by atoms with Crippen molar-refractivity contribution in [1.82, 2.24) is 14.9 Å². The number of methoxy groups -OCH3 is 1. The van der Waals surface area contributed by atoms with Crippen LogP contribution in [0.3, 0.4) is 0 Å². The molecular weight excluding hydrogens is 455 g/mol. The normalized spacial score (nSPS) is 13.7. The van der Waals surface area contributed by atoms with Gasteiger partial charge in [0, 0.05) is 43.2 Å². The summed E-state index contributed by atoms with van der Waals surface area (Å²) in [5.74, 6) is 1.02. The van der Waals surface area contributed by atoms with Crippen molar-refractivity contribution in [2.75, 3.05) is 38.2 Å². The predicted molar refractivity (Wildman–Crippen MR) is 131 cm³/mol. The second kappa shape index (κ2) is 10.7. The zero-order valence-corrected chi connectivity index (χ0v) is 20.0. The number of aryl methyl sites for hydroxylation is 1. The monoisotopic (exact) mass is 482 g/mol. The molecule has 1 amide bonds. The van der Waals surface area contributed by atoms with Crippen molar-refractivity contribution in [1.29, 1.82) is 0 Å². The molecule has 9 heteroatoms. The molecule has 1 fully saturated rings. The number of carbonyl (C=O) groups excluding carboxylic acids is 1. The lowest BCUT2D eigenvalue weighted by atomic mass is 10.1. The van der Waals surface area contributed by atoms with Crippen LogP contribution in [-0.2, 0) is 17.0 Å². The second-order valence-electron chi connectivity index (χ2n) is 8.07. The Balaban J connectivity index is 1.36. The fourth-order valence-corrected chi connectivity index (χ4v) is 4.79. The number of rotatable bonds is 7. The molecule has 0 atom stereocenters. The van der Waals surface area contributed by atoms with Gasteiger partial charge in [0.1, 0.15) is 11.6 Å². The lowest BCUT2D eigenvalue weighted by molar-refractivity contribution is -0.130. The first-order valence-corrected chi connectivity index (χ1v) is 12.1. The van der Waals surface area contributed by atoms with Gasteiger partial charge in [-0.2, -0.15) is 0 Å². The fourth-order valence-electron chi connectivity index (χ4n) is 3.94. The molecule has 3 aromatic rings. The number of anilines is 1. The van der Waals surface area contributed by atoms with Crippen LogP contribution >= 0.6 is 11.8 Å². The van der Waals surface area contributed by atoms with Crippen LogP contribution in [0.1, 0.15) is 16.8 Å². The molecule has 1 aromatic heterocycles. The van der Waals surface area contributed by atoms with Gasteiger partial charge in [-0.05, 0) is 36.8 Å². The Bertz CT molecular complexity index is 1220. The van der Waals surface area contributed by atoms with Crippen LogP contribution in [0.25, 0.3) is 0 Å². The number of hydrogen-bond donors (Lipinski definition) is 1. The SMILES string of the molecule is COc1cccc(CSc2nc(C)c(CC(=O)N3CCN(c4ccccc4F)CC3)c(=O)[nH]2)c1. The van der Waals surface area contributed by atoms with E-state index in [1.165, 1.54) is 17.8 Å². The van der Waals surface area contributed by atoms with Crippen LogP contribution in [-0.4, -0.2) is 54.1 Å². The number of carbonyl (C=O) groups is 1. The Morgan fingerprint density at radius 1 is 1.15 bits per heavy atom. The highest BCUT2D eigenvalue weighted by molar-refractivity contribution is 7.98. The number of amides is 1. The summed E-state index contributed by atoms with van der Waals surface area (Å²) in [6.45, 7) is 3.79. The van der Waals surface area contributed by atoms with Gasteiger partial charge < -0.3 is 19.5 Å². The van der Waals surface area contributed by atoms with Crippen LogP contribution in [0.15, 0.2) is 58.5 Å². The summed E-state index contributed by atoms with van der Waals surface area (Å²) in [6.07, 6.45) is -0.00526. The van der Waals surface area contributed by atoms with E-state index in [9.17, 15) is 14.0 Å². The standard InChI is InChI=1S/C25H27FN4O3S/c1-17-20(24(32)28-25(27-17)34-16-18-6-5-7-19(14-18)33-2)15-23(31)30-12-10-29(11-13-30)22-9-4-3-8-21(22)26/h3-9,14H,10-13,15-16H2,1-2H3,(H,27,28,32). The first-order chi connectivity index (χ1) is 16.4. The maximum atomic E-state index is 14.0. The number of thioether (sulfide) groups is 1. The average Bonchev–Trinajstić information content (AvgIpc) is 2.85. The molecule has 1 saturated heterocycles. The van der Waals surface area contributed by atoms with Crippen LogP contribution in [0.4, 0.5) is 10.1 Å². The summed E-state index contributed by atoms with van der Waals surface area (Å²) in [6, 6.07) is 14.4. The molecule has 1 N–H and O–H groups in total. The number of nitrogens with zero attached hydrogens (tertiary/aromatic N) is 3. The summed E-state index contributed by atoms with van der Waals surface area (Å²) < 4.78 is 19.3. The number of aromatic nitrogens is 2. The molecule has 2 heterocycles. The third-order valence-electron chi connectivity index (χ3n) is 5.86. The molecule has 0 saturated carbocycles. The van der Waals surface area contributed by atoms with Crippen LogP contribution < -0.4 is 15.2 Å². The van der Waals surface area contributed by atoms with Crippen molar-refractivity contribution >= 4 is 23.4 Å². The molecule has 1 aliphatic heterocycles. The molecule has 34 heavy (non-hydrogen) atoms. The second-order valence-corrected chi connectivity index (χ2v) is 9.04. The van der Waals surface area contributed by atoms with E-state index in [1.807, 2.05) is 29.2 Å². The van der Waals surface area contributed by atoms with E-state index in [-0.39, 0.29) is 23.7 Å². The van der Waals surface area contributed by atoms with E-state index < -0.39 is 0 Å². The molecule has 0 aliphatic carbocycles. The summed E-state index contributed by atoms with van der Waals surface area (Å²) in [5, 5.41) is 0.514. The van der Waals surface area contributed by atoms with Crippen molar-refractivity contribution in [2.24, 2.45) is 0 Å². The lowest BCUT2D eigenvalue weighted by Gasteiger charge is -2.36. The number of para-hydroxylation sites is 1. The summed E-state index contributed by atoms with van der Waals surface area (Å²) in [7, 11) is 1.62. The highest BCUT2D eigenvalue weighted by Gasteiger charge is 2.24. The first-order valence-electron chi connectivity index (χ1n) is 11.1. The van der Waals surface area contributed by atoms with Gasteiger partial charge in [0.25, 0.3) is 5.56 Å². The molecule has 7 nitrogen and oxygen atoms in total. The molecule has 0 radical (unpaired) electrons. The van der Waals surface area contributed by atoms with E-state index in [1.54, 1.807) is 37.1 Å². The quantitative estimate of drug-likeness (QED) is 0.411. The minimum Gasteiger partial charge on any atom is -0.497 e. The van der Waals surface area contributed by atoms with Gasteiger partial charge in [-0.3, -0.25) is 9.59 Å². The smallest absolute Gasteiger partial charge is 0.255 e. The predicted octanol–water partition coefficient (Wildman–Crippen LogP) is 3.41. The molecule has 4 rings (SSSR count). The van der Waals surface area contributed by atoms with E-state index in [0.29, 0.717) is 54.0 Å². The van der Waals surface area contributed by atoms with Gasteiger partial charge in [0.05, 0.1) is 19.2 Å². The number of aromatic amines is 1. The van der Waals surface area contributed by atoms with E-state index in [4.69, 9.17) is 4.74 Å². The maximum Gasteiger partial charge on any atom is 0.255 e. The Hall–Kier alpha value is -3.33. The van der Waals surface area contributed by atoms with Gasteiger partial charge in [-0.1, -0.05) is 36.0 Å². The number of nitrogens with one attached hydrogen (secondary N) is 1. The third kappa shape index (κ3) is 5.59. The minimum atomic E-state index is -0.293. The molecule has 0 bridgehead atoms. The van der Waals surface area contributed by atoms with Crippen molar-refractivity contribution in [3.63, 3.8) is 0 Å². The van der Waals surface area contributed by atoms with Gasteiger partial charge in [0.2, 0.25) is 5.91 Å². The Labute approximate surface area is 202 Å². The van der Waals surface area contributed by atoms with Gasteiger partial charge in [-0.15, -0.1) is 0 Å². The molecule has 0 spiro atoms. The zero-order valence-electron chi connectivity index (χ0n) is 19.2. The Morgan fingerprint density at radius 2 is 1.91 bits per heavy atom. The fraction of sp³-hybridized carbons (Fsp3) is 0.320. The van der Waals surface area contributed by atoms with Crippen molar-refractivity contribution in [3.8, 4) is 5.75 Å². The topological polar surface area (TPSA) is 78.5 Å². The Morgan fingerprint density at radius 3 is 2.62 bits per heavy atom. The molecule has 1 aliphatic rings. The van der Waals surface area contributed by atoms with E-state index in [0.717, 1.165) is 11.3 Å². The number of piperazine rings is 1. The van der Waals surface area contributed by atoms with E-state index >= 15 is 0 Å². The molecular formula is C25H27FN4O3S. The summed E-state index contributed by atoms with van der Waals surface area (Å²) in [4.78, 5) is 36.6. The number of H-pyrrole nitrogens is 1. The van der Waals surface area contributed by atoms with Gasteiger partial charge in [-0.25, -0.2) is 9.37 Å². The summed E-state index contributed by atoms with van der Waals surface area (Å²) >= 11 is 1.42.